The molecule has 2 rings (SSSR count). The molecular formula is C19H30ClIN4O2. The SMILES string of the molecule is CCOCCCN=C(NCCc1ccco1)N(C)Cc1cc(Cl)cn1C.I. The van der Waals surface area contributed by atoms with Crippen LogP contribution in [0.2, 0.25) is 5.02 Å². The van der Waals surface area contributed by atoms with Crippen molar-refractivity contribution in [2.45, 2.75) is 26.3 Å². The molecule has 1 N–H and O–H groups in total. The molecule has 2 aromatic heterocycles. The van der Waals surface area contributed by atoms with Crippen molar-refractivity contribution in [3.05, 3.63) is 47.1 Å². The number of halogens is 2. The van der Waals surface area contributed by atoms with Gasteiger partial charge in [-0.2, -0.15) is 0 Å². The number of nitrogens with one attached hydrogen (secondary N) is 1. The lowest BCUT2D eigenvalue weighted by atomic mass is 10.3. The molecule has 0 amide bonds. The zero-order valence-electron chi connectivity index (χ0n) is 16.3. The number of aromatic nitrogens is 1. The number of nitrogens with zero attached hydrogens (tertiary/aromatic N) is 3. The van der Waals surface area contributed by atoms with Gasteiger partial charge in [0.05, 0.1) is 17.8 Å². The molecule has 0 radical (unpaired) electrons. The van der Waals surface area contributed by atoms with Gasteiger partial charge in [0.25, 0.3) is 0 Å². The molecule has 2 heterocycles. The second-order valence-corrected chi connectivity index (χ2v) is 6.57. The van der Waals surface area contributed by atoms with Crippen molar-refractivity contribution in [3.8, 4) is 0 Å². The summed E-state index contributed by atoms with van der Waals surface area (Å²) in [6, 6.07) is 5.87. The van der Waals surface area contributed by atoms with Crippen molar-refractivity contribution in [2.24, 2.45) is 12.0 Å². The summed E-state index contributed by atoms with van der Waals surface area (Å²) in [5.74, 6) is 1.83. The van der Waals surface area contributed by atoms with Crippen molar-refractivity contribution in [3.63, 3.8) is 0 Å². The highest BCUT2D eigenvalue weighted by Gasteiger charge is 2.10. The van der Waals surface area contributed by atoms with Gasteiger partial charge in [0.2, 0.25) is 0 Å². The molecular weight excluding hydrogens is 479 g/mol. The number of guanidine groups is 1. The summed E-state index contributed by atoms with van der Waals surface area (Å²) in [6.07, 6.45) is 5.33. The quantitative estimate of drug-likeness (QED) is 0.229. The van der Waals surface area contributed by atoms with Gasteiger partial charge in [-0.25, -0.2) is 0 Å². The van der Waals surface area contributed by atoms with Gasteiger partial charge in [-0.3, -0.25) is 4.99 Å². The number of aryl methyl sites for hydroxylation is 1. The number of aliphatic imine (C=N–C) groups is 1. The summed E-state index contributed by atoms with van der Waals surface area (Å²) >= 11 is 6.09. The van der Waals surface area contributed by atoms with Crippen LogP contribution in [0.1, 0.15) is 24.8 Å². The normalized spacial score (nSPS) is 11.3. The van der Waals surface area contributed by atoms with Crippen LogP contribution in [0.5, 0.6) is 0 Å². The van der Waals surface area contributed by atoms with Gasteiger partial charge in [-0.05, 0) is 31.5 Å². The van der Waals surface area contributed by atoms with E-state index < -0.39 is 0 Å². The summed E-state index contributed by atoms with van der Waals surface area (Å²) in [6.45, 7) is 5.69. The van der Waals surface area contributed by atoms with Crippen LogP contribution in [0, 0.1) is 0 Å². The second-order valence-electron chi connectivity index (χ2n) is 6.13. The summed E-state index contributed by atoms with van der Waals surface area (Å²) in [5.41, 5.74) is 1.13. The van der Waals surface area contributed by atoms with Crippen LogP contribution >= 0.6 is 35.6 Å². The minimum absolute atomic E-state index is 0. The highest BCUT2D eigenvalue weighted by molar-refractivity contribution is 14.0. The van der Waals surface area contributed by atoms with Crippen molar-refractivity contribution >= 4 is 41.5 Å². The van der Waals surface area contributed by atoms with E-state index in [0.717, 1.165) is 68.1 Å². The van der Waals surface area contributed by atoms with Gasteiger partial charge in [0.15, 0.2) is 5.96 Å². The van der Waals surface area contributed by atoms with E-state index in [1.165, 1.54) is 0 Å². The number of ether oxygens (including phenoxy) is 1. The molecule has 0 saturated heterocycles. The van der Waals surface area contributed by atoms with Crippen LogP contribution in [-0.4, -0.2) is 48.8 Å². The highest BCUT2D eigenvalue weighted by Crippen LogP contribution is 2.14. The average molecular weight is 509 g/mol. The first kappa shape index (κ1) is 23.8. The van der Waals surface area contributed by atoms with E-state index >= 15 is 0 Å². The zero-order valence-corrected chi connectivity index (χ0v) is 19.4. The zero-order chi connectivity index (χ0) is 18.8. The molecule has 27 heavy (non-hydrogen) atoms. The average Bonchev–Trinajstić information content (AvgIpc) is 3.22. The van der Waals surface area contributed by atoms with E-state index in [1.807, 2.05) is 50.0 Å². The topological polar surface area (TPSA) is 54.9 Å². The Labute approximate surface area is 183 Å². The summed E-state index contributed by atoms with van der Waals surface area (Å²) < 4.78 is 12.8. The third-order valence-corrected chi connectivity index (χ3v) is 4.19. The Bertz CT molecular complexity index is 673. The molecule has 152 valence electrons. The Morgan fingerprint density at radius 2 is 2.26 bits per heavy atom. The van der Waals surface area contributed by atoms with Crippen molar-refractivity contribution in [2.75, 3.05) is 33.4 Å². The van der Waals surface area contributed by atoms with Crippen LogP contribution in [0.25, 0.3) is 0 Å². The predicted molar refractivity (Wildman–Crippen MR) is 121 cm³/mol. The molecule has 8 heteroatoms. The van der Waals surface area contributed by atoms with Crippen molar-refractivity contribution in [1.29, 1.82) is 0 Å². The first-order valence-corrected chi connectivity index (χ1v) is 9.38. The fourth-order valence-corrected chi connectivity index (χ4v) is 2.87. The van der Waals surface area contributed by atoms with Crippen LogP contribution in [0.4, 0.5) is 0 Å². The molecule has 0 aromatic carbocycles. The lowest BCUT2D eigenvalue weighted by Gasteiger charge is -2.23. The largest absolute Gasteiger partial charge is 0.469 e. The molecule has 0 aliphatic rings. The minimum atomic E-state index is 0. The number of hydrogen-bond acceptors (Lipinski definition) is 3. The molecule has 0 aliphatic carbocycles. The number of rotatable bonds is 10. The van der Waals surface area contributed by atoms with Crippen LogP contribution in [0.3, 0.4) is 0 Å². The molecule has 0 spiro atoms. The van der Waals surface area contributed by atoms with Crippen LogP contribution < -0.4 is 5.32 Å². The Balaban J connectivity index is 0.00000364. The standard InChI is InChI=1S/C19H29ClN4O2.HI/c1-4-25-11-6-9-21-19(22-10-8-18-7-5-12-26-18)24(3)15-17-13-16(20)14-23(17)2;/h5,7,12-14H,4,6,8-11,15H2,1-3H3,(H,21,22);1H. The van der Waals surface area contributed by atoms with E-state index in [0.29, 0.717) is 0 Å². The van der Waals surface area contributed by atoms with Crippen molar-refractivity contribution < 1.29 is 9.15 Å². The van der Waals surface area contributed by atoms with Gasteiger partial charge in [0, 0.05) is 58.7 Å². The maximum Gasteiger partial charge on any atom is 0.194 e. The molecule has 0 bridgehead atoms. The maximum atomic E-state index is 6.09. The second kappa shape index (κ2) is 13.1. The molecule has 0 aliphatic heterocycles. The lowest BCUT2D eigenvalue weighted by molar-refractivity contribution is 0.146. The van der Waals surface area contributed by atoms with E-state index in [-0.39, 0.29) is 24.0 Å². The molecule has 0 fully saturated rings. The first-order chi connectivity index (χ1) is 12.6. The van der Waals surface area contributed by atoms with Crippen LogP contribution in [0.15, 0.2) is 40.1 Å². The Morgan fingerprint density at radius 3 is 2.89 bits per heavy atom. The molecule has 0 unspecified atom stereocenters. The van der Waals surface area contributed by atoms with E-state index in [1.54, 1.807) is 6.26 Å². The Hall–Kier alpha value is -1.19. The molecule has 6 nitrogen and oxygen atoms in total. The Morgan fingerprint density at radius 1 is 1.44 bits per heavy atom. The fraction of sp³-hybridized carbons (Fsp3) is 0.526. The highest BCUT2D eigenvalue weighted by atomic mass is 127. The fourth-order valence-electron chi connectivity index (χ4n) is 2.60. The van der Waals surface area contributed by atoms with E-state index in [9.17, 15) is 0 Å². The third kappa shape index (κ3) is 8.57. The van der Waals surface area contributed by atoms with Crippen molar-refractivity contribution in [1.82, 2.24) is 14.8 Å². The third-order valence-electron chi connectivity index (χ3n) is 3.98. The number of hydrogen-bond donors (Lipinski definition) is 1. The lowest BCUT2D eigenvalue weighted by Crippen LogP contribution is -2.40. The molecule has 2 aromatic rings. The van der Waals surface area contributed by atoms with Gasteiger partial charge in [-0.1, -0.05) is 11.6 Å². The van der Waals surface area contributed by atoms with Gasteiger partial charge in [0.1, 0.15) is 5.76 Å². The molecule has 0 atom stereocenters. The summed E-state index contributed by atoms with van der Waals surface area (Å²) in [5, 5.41) is 4.18. The van der Waals surface area contributed by atoms with Crippen LogP contribution in [-0.2, 0) is 24.8 Å². The van der Waals surface area contributed by atoms with Gasteiger partial charge in [-0.15, -0.1) is 24.0 Å². The predicted octanol–water partition coefficient (Wildman–Crippen LogP) is 3.94. The maximum absolute atomic E-state index is 6.09. The van der Waals surface area contributed by atoms with E-state index in [2.05, 4.69) is 10.2 Å². The summed E-state index contributed by atoms with van der Waals surface area (Å²) in [7, 11) is 4.03. The van der Waals surface area contributed by atoms with E-state index in [4.69, 9.17) is 25.7 Å². The first-order valence-electron chi connectivity index (χ1n) is 9.00. The minimum Gasteiger partial charge on any atom is -0.469 e. The molecule has 0 saturated carbocycles. The van der Waals surface area contributed by atoms with Gasteiger partial charge < -0.3 is 23.9 Å². The van der Waals surface area contributed by atoms with Gasteiger partial charge >= 0.3 is 0 Å². The Kier molecular flexibility index (Phi) is 11.5. The summed E-state index contributed by atoms with van der Waals surface area (Å²) in [4.78, 5) is 6.83. The smallest absolute Gasteiger partial charge is 0.194 e. The number of furan rings is 1. The monoisotopic (exact) mass is 508 g/mol.